The van der Waals surface area contributed by atoms with E-state index >= 15 is 0 Å². The molecule has 3 rings (SSSR count). The molecule has 136 valence electrons. The average molecular weight is 368 g/mol. The maximum atomic E-state index is 12.4. The molecule has 10 heteroatoms. The van der Waals surface area contributed by atoms with Crippen LogP contribution in [0.5, 0.6) is 0 Å². The number of nitrogens with one attached hydrogen (secondary N) is 2. The van der Waals surface area contributed by atoms with E-state index in [0.717, 1.165) is 0 Å². The van der Waals surface area contributed by atoms with E-state index in [0.29, 0.717) is 24.9 Å². The Morgan fingerprint density at radius 3 is 2.48 bits per heavy atom. The van der Waals surface area contributed by atoms with Crippen molar-refractivity contribution in [1.29, 1.82) is 0 Å². The lowest BCUT2D eigenvalue weighted by atomic mass is 10.1. The monoisotopic (exact) mass is 368 g/mol. The highest BCUT2D eigenvalue weighted by Gasteiger charge is 2.46. The molecule has 4 amide bonds. The molecule has 3 atom stereocenters. The fourth-order valence-corrected chi connectivity index (χ4v) is 4.39. The van der Waals surface area contributed by atoms with Gasteiger partial charge in [-0.05, 0) is 36.5 Å². The highest BCUT2D eigenvalue weighted by Crippen LogP contribution is 2.37. The third-order valence-corrected chi connectivity index (χ3v) is 5.97. The molecule has 25 heavy (non-hydrogen) atoms. The van der Waals surface area contributed by atoms with E-state index in [4.69, 9.17) is 5.73 Å². The second-order valence-electron chi connectivity index (χ2n) is 6.40. The van der Waals surface area contributed by atoms with Crippen LogP contribution in [0, 0.1) is 5.92 Å². The second kappa shape index (κ2) is 6.52. The van der Waals surface area contributed by atoms with Gasteiger partial charge in [0.2, 0.25) is 0 Å². The van der Waals surface area contributed by atoms with Gasteiger partial charge < -0.3 is 21.1 Å². The number of piperidine rings is 1. The van der Waals surface area contributed by atoms with Gasteiger partial charge in [0.1, 0.15) is 0 Å². The molecule has 1 aliphatic carbocycles. The van der Waals surface area contributed by atoms with Crippen LogP contribution in [0.2, 0.25) is 0 Å². The number of hydrogen-bond acceptors (Lipinski definition) is 5. The lowest BCUT2D eigenvalue weighted by Gasteiger charge is -2.30. The predicted octanol–water partition coefficient (Wildman–Crippen LogP) is -0.292. The quantitative estimate of drug-likeness (QED) is 0.578. The number of amides is 4. The van der Waals surface area contributed by atoms with E-state index in [-0.39, 0.29) is 23.4 Å². The molecule has 1 aromatic rings. The van der Waals surface area contributed by atoms with Gasteiger partial charge in [0, 0.05) is 13.1 Å². The number of rotatable bonds is 4. The van der Waals surface area contributed by atoms with Crippen molar-refractivity contribution in [2.45, 2.75) is 36.4 Å². The topological polar surface area (TPSA) is 142 Å². The highest BCUT2D eigenvalue weighted by atomic mass is 32.2. The summed E-state index contributed by atoms with van der Waals surface area (Å²) < 4.78 is 26.8. The van der Waals surface area contributed by atoms with E-state index < -0.39 is 28.2 Å². The number of carbonyl (C=O) groups excluding carboxylic acids is 2. The molecule has 0 unspecified atom stereocenters. The number of hydrogen-bond donors (Lipinski definition) is 4. The lowest BCUT2D eigenvalue weighted by molar-refractivity contribution is 0.0742. The maximum absolute atomic E-state index is 12.4. The number of aliphatic hydroxyl groups excluding tert-OH is 1. The normalized spacial score (nSPS) is 25.0. The summed E-state index contributed by atoms with van der Waals surface area (Å²) in [5.41, 5.74) is 5.64. The van der Waals surface area contributed by atoms with Crippen molar-refractivity contribution in [3.8, 4) is 0 Å². The highest BCUT2D eigenvalue weighted by molar-refractivity contribution is 7.90. The Hall–Kier alpha value is -2.33. The minimum atomic E-state index is -4.01. The second-order valence-corrected chi connectivity index (χ2v) is 8.08. The molecule has 1 aliphatic heterocycles. The molecule has 1 saturated carbocycles. The van der Waals surface area contributed by atoms with Crippen LogP contribution in [0.25, 0.3) is 0 Å². The van der Waals surface area contributed by atoms with Crippen molar-refractivity contribution in [1.82, 2.24) is 14.9 Å². The predicted molar refractivity (Wildman–Crippen MR) is 87.8 cm³/mol. The minimum Gasteiger partial charge on any atom is -0.391 e. The summed E-state index contributed by atoms with van der Waals surface area (Å²) in [7, 11) is -4.01. The lowest BCUT2D eigenvalue weighted by Crippen LogP contribution is -2.50. The van der Waals surface area contributed by atoms with Crippen molar-refractivity contribution in [2.75, 3.05) is 6.54 Å². The molecular weight excluding hydrogens is 348 g/mol. The minimum absolute atomic E-state index is 0.0615. The SMILES string of the molecule is NC(=O)NCc1ccc(S(=O)(=O)NC(=O)N2C[C@@H]3C[C@@H](O)[C@H]2C3)cc1. The summed E-state index contributed by atoms with van der Waals surface area (Å²) in [6.45, 7) is 0.636. The van der Waals surface area contributed by atoms with Gasteiger partial charge in [0.05, 0.1) is 17.0 Å². The standard InChI is InChI=1S/C15H20N4O5S/c16-14(21)17-7-9-1-3-11(4-2-9)25(23,24)18-15(22)19-8-10-5-12(19)13(20)6-10/h1-4,10,12-13,20H,5-8H2,(H,18,22)(H3,16,17,21)/t10-,12+,13+/m0/s1. The number of fused-ring (bicyclic) bond motifs is 2. The molecule has 1 heterocycles. The molecule has 2 bridgehead atoms. The van der Waals surface area contributed by atoms with E-state index in [1.165, 1.54) is 29.2 Å². The Balaban J connectivity index is 1.65. The summed E-state index contributed by atoms with van der Waals surface area (Å²) in [6.07, 6.45) is 0.766. The van der Waals surface area contributed by atoms with Crippen LogP contribution >= 0.6 is 0 Å². The zero-order chi connectivity index (χ0) is 18.2. The molecule has 5 N–H and O–H groups in total. The average Bonchev–Trinajstić information content (AvgIpc) is 3.12. The van der Waals surface area contributed by atoms with Crippen LogP contribution < -0.4 is 15.8 Å². The van der Waals surface area contributed by atoms with Gasteiger partial charge in [-0.25, -0.2) is 22.7 Å². The van der Waals surface area contributed by atoms with Crippen LogP contribution in [0.4, 0.5) is 9.59 Å². The fourth-order valence-electron chi connectivity index (χ4n) is 3.43. The van der Waals surface area contributed by atoms with Gasteiger partial charge in [0.25, 0.3) is 10.0 Å². The number of nitrogens with two attached hydrogens (primary N) is 1. The first-order chi connectivity index (χ1) is 11.8. The molecule has 1 saturated heterocycles. The van der Waals surface area contributed by atoms with Crippen LogP contribution in [-0.4, -0.2) is 49.2 Å². The molecule has 2 fully saturated rings. The van der Waals surface area contributed by atoms with Gasteiger partial charge in [-0.15, -0.1) is 0 Å². The number of likely N-dealkylation sites (tertiary alicyclic amines) is 1. The molecular formula is C15H20N4O5S. The Labute approximate surface area is 145 Å². The van der Waals surface area contributed by atoms with Gasteiger partial charge >= 0.3 is 12.1 Å². The summed E-state index contributed by atoms with van der Waals surface area (Å²) in [6, 6.07) is 4.03. The van der Waals surface area contributed by atoms with E-state index in [1.807, 2.05) is 4.72 Å². The van der Waals surface area contributed by atoms with Crippen molar-refractivity contribution >= 4 is 22.1 Å². The molecule has 0 radical (unpaired) electrons. The number of urea groups is 2. The Kier molecular flexibility index (Phi) is 4.56. The third kappa shape index (κ3) is 3.69. The van der Waals surface area contributed by atoms with E-state index in [1.54, 1.807) is 0 Å². The van der Waals surface area contributed by atoms with Crippen LogP contribution in [-0.2, 0) is 16.6 Å². The molecule has 2 aliphatic rings. The largest absolute Gasteiger partial charge is 0.391 e. The number of sulfonamides is 1. The summed E-state index contributed by atoms with van der Waals surface area (Å²) >= 11 is 0. The van der Waals surface area contributed by atoms with Crippen molar-refractivity contribution < 1.29 is 23.1 Å². The molecule has 1 aromatic carbocycles. The number of nitrogens with zero attached hydrogens (tertiary/aromatic N) is 1. The zero-order valence-electron chi connectivity index (χ0n) is 13.4. The number of aliphatic hydroxyl groups is 1. The third-order valence-electron chi connectivity index (χ3n) is 4.63. The van der Waals surface area contributed by atoms with E-state index in [9.17, 15) is 23.1 Å². The first-order valence-corrected chi connectivity index (χ1v) is 9.38. The van der Waals surface area contributed by atoms with Crippen molar-refractivity contribution in [3.05, 3.63) is 29.8 Å². The van der Waals surface area contributed by atoms with Crippen LogP contribution in [0.3, 0.4) is 0 Å². The number of carbonyl (C=O) groups is 2. The summed E-state index contributed by atoms with van der Waals surface area (Å²) in [5.74, 6) is 0.227. The summed E-state index contributed by atoms with van der Waals surface area (Å²) in [4.78, 5) is 24.3. The van der Waals surface area contributed by atoms with Crippen molar-refractivity contribution in [3.63, 3.8) is 0 Å². The molecule has 0 spiro atoms. The summed E-state index contributed by atoms with van der Waals surface area (Å²) in [5, 5.41) is 12.3. The van der Waals surface area contributed by atoms with Crippen molar-refractivity contribution in [2.24, 2.45) is 11.7 Å². The smallest absolute Gasteiger partial charge is 0.331 e. The Morgan fingerprint density at radius 1 is 1.24 bits per heavy atom. The number of benzene rings is 1. The molecule has 9 nitrogen and oxygen atoms in total. The van der Waals surface area contributed by atoms with Gasteiger partial charge in [-0.2, -0.15) is 0 Å². The van der Waals surface area contributed by atoms with E-state index in [2.05, 4.69) is 5.32 Å². The first-order valence-electron chi connectivity index (χ1n) is 7.90. The first kappa shape index (κ1) is 17.5. The maximum Gasteiger partial charge on any atom is 0.331 e. The zero-order valence-corrected chi connectivity index (χ0v) is 14.2. The van der Waals surface area contributed by atoms with Crippen LogP contribution in [0.15, 0.2) is 29.2 Å². The molecule has 0 aromatic heterocycles. The Bertz CT molecular complexity index is 780. The van der Waals surface area contributed by atoms with Gasteiger partial charge in [-0.3, -0.25) is 0 Å². The fraction of sp³-hybridized carbons (Fsp3) is 0.467. The Morgan fingerprint density at radius 2 is 1.92 bits per heavy atom. The van der Waals surface area contributed by atoms with Crippen LogP contribution in [0.1, 0.15) is 18.4 Å². The van der Waals surface area contributed by atoms with Gasteiger partial charge in [-0.1, -0.05) is 12.1 Å². The number of primary amides is 1. The van der Waals surface area contributed by atoms with Gasteiger partial charge in [0.15, 0.2) is 0 Å².